The second-order valence-corrected chi connectivity index (χ2v) is 18.5. The number of morpholine rings is 2. The number of benzene rings is 4. The van der Waals surface area contributed by atoms with Crippen molar-refractivity contribution in [3.05, 3.63) is 115 Å². The highest BCUT2D eigenvalue weighted by atomic mass is 35.7. The van der Waals surface area contributed by atoms with Crippen LogP contribution in [0, 0.1) is 0 Å². The van der Waals surface area contributed by atoms with E-state index in [4.69, 9.17) is 72.3 Å². The Balaban J connectivity index is 0.000000222. The van der Waals surface area contributed by atoms with E-state index in [0.29, 0.717) is 81.0 Å². The molecular weight excluding hydrogens is 972 g/mol. The van der Waals surface area contributed by atoms with Crippen LogP contribution in [0.15, 0.2) is 82.6 Å². The van der Waals surface area contributed by atoms with Crippen LogP contribution in [0.1, 0.15) is 31.8 Å². The highest BCUT2D eigenvalue weighted by molar-refractivity contribution is 8.13. The number of hydrogen-bond acceptors (Lipinski definition) is 9. The molecule has 25 heteroatoms. The average Bonchev–Trinajstić information content (AvgIpc) is 3.17. The van der Waals surface area contributed by atoms with Crippen molar-refractivity contribution in [3.63, 3.8) is 0 Å². The summed E-state index contributed by atoms with van der Waals surface area (Å²) in [5.74, 6) is -0.516. The molecule has 0 atom stereocenters. The zero-order valence-electron chi connectivity index (χ0n) is 30.8. The lowest BCUT2D eigenvalue weighted by Crippen LogP contribution is -2.41. The van der Waals surface area contributed by atoms with Crippen molar-refractivity contribution < 1.29 is 62.2 Å². The standard InChI is InChI=1S/C18H15Cl2F3N2O4S.C11H13ClN2O2.C7H3Cl2F3O2S/c19-11-1-3-13(17(26)25-5-7-29-8-6-25)16(9-11)24-30(27,28)12-2-4-15(20)14(10-12)18(21,22)23;12-8-1-2-9(10(13)7-8)11(15)14-3-5-16-6-4-14;8-6-2-1-4(15(9,13)14)3-5(6)7(10,11)12/h1-4,9-10,24H,5-8H2;1-2,7H,3-6,13H2;1-3H. The van der Waals surface area contributed by atoms with Crippen LogP contribution in [-0.4, -0.2) is 91.1 Å². The van der Waals surface area contributed by atoms with E-state index in [-0.39, 0.29) is 22.2 Å². The number of nitrogen functional groups attached to an aromatic ring is 1. The summed E-state index contributed by atoms with van der Waals surface area (Å²) in [6.45, 7) is 3.70. The van der Waals surface area contributed by atoms with Gasteiger partial charge in [-0.05, 0) is 72.8 Å². The number of carbonyl (C=O) groups excluding carboxylic acids is 2. The summed E-state index contributed by atoms with van der Waals surface area (Å²) in [7, 11) is -3.77. The molecule has 2 amide bonds. The van der Waals surface area contributed by atoms with Crippen LogP contribution in [0.2, 0.25) is 20.1 Å². The second-order valence-electron chi connectivity index (χ2n) is 12.6. The molecule has 0 aromatic heterocycles. The first-order valence-corrected chi connectivity index (χ1v) is 22.4. The predicted molar refractivity (Wildman–Crippen MR) is 218 cm³/mol. The van der Waals surface area contributed by atoms with Gasteiger partial charge in [0.25, 0.3) is 30.9 Å². The van der Waals surface area contributed by atoms with Gasteiger partial charge in [-0.1, -0.05) is 46.4 Å². The van der Waals surface area contributed by atoms with E-state index in [2.05, 4.69) is 4.72 Å². The van der Waals surface area contributed by atoms with Gasteiger partial charge in [-0.3, -0.25) is 14.3 Å². The van der Waals surface area contributed by atoms with Crippen LogP contribution in [0.5, 0.6) is 0 Å². The monoisotopic (exact) mass is 1000 g/mol. The zero-order chi connectivity index (χ0) is 45.5. The maximum atomic E-state index is 13.1. The number of carbonyl (C=O) groups is 2. The second kappa shape index (κ2) is 20.6. The van der Waals surface area contributed by atoms with Gasteiger partial charge in [-0.2, -0.15) is 26.3 Å². The average molecular weight is 1000 g/mol. The molecule has 3 N–H and O–H groups in total. The number of hydrogen-bond donors (Lipinski definition) is 2. The largest absolute Gasteiger partial charge is 0.417 e. The van der Waals surface area contributed by atoms with Gasteiger partial charge in [0.2, 0.25) is 0 Å². The minimum Gasteiger partial charge on any atom is -0.398 e. The summed E-state index contributed by atoms with van der Waals surface area (Å²) in [6, 6.07) is 13.2. The molecule has 2 aliphatic rings. The predicted octanol–water partition coefficient (Wildman–Crippen LogP) is 8.97. The number of alkyl halides is 6. The third-order valence-corrected chi connectivity index (χ3v) is 12.2. The van der Waals surface area contributed by atoms with Gasteiger partial charge in [-0.15, -0.1) is 0 Å². The van der Waals surface area contributed by atoms with Crippen LogP contribution in [0.25, 0.3) is 0 Å². The van der Waals surface area contributed by atoms with E-state index in [0.717, 1.165) is 24.3 Å². The lowest BCUT2D eigenvalue weighted by molar-refractivity contribution is -0.138. The minimum atomic E-state index is -4.84. The van der Waals surface area contributed by atoms with Crippen molar-refractivity contribution in [3.8, 4) is 0 Å². The molecule has 2 fully saturated rings. The van der Waals surface area contributed by atoms with E-state index in [1.807, 2.05) is 0 Å². The summed E-state index contributed by atoms with van der Waals surface area (Å²) in [6.07, 6.45) is -9.55. The van der Waals surface area contributed by atoms with Crippen LogP contribution < -0.4 is 10.5 Å². The number of sulfonamides is 1. The molecule has 0 saturated carbocycles. The van der Waals surface area contributed by atoms with E-state index in [1.165, 1.54) is 23.1 Å². The molecule has 2 saturated heterocycles. The Morgan fingerprint density at radius 1 is 0.607 bits per heavy atom. The number of halogens is 11. The van der Waals surface area contributed by atoms with Crippen molar-refractivity contribution in [2.24, 2.45) is 0 Å². The number of ether oxygens (including phenoxy) is 2. The Kier molecular flexibility index (Phi) is 16.9. The van der Waals surface area contributed by atoms with Crippen molar-refractivity contribution in [2.45, 2.75) is 22.1 Å². The number of nitrogens with zero attached hydrogens (tertiary/aromatic N) is 2. The molecule has 0 bridgehead atoms. The Morgan fingerprint density at radius 2 is 1.02 bits per heavy atom. The Labute approximate surface area is 369 Å². The summed E-state index contributed by atoms with van der Waals surface area (Å²) < 4.78 is 136. The van der Waals surface area contributed by atoms with Crippen LogP contribution >= 0.6 is 57.1 Å². The first-order chi connectivity index (χ1) is 28.3. The van der Waals surface area contributed by atoms with Crippen LogP contribution in [0.4, 0.5) is 37.7 Å². The molecule has 332 valence electrons. The number of amides is 2. The highest BCUT2D eigenvalue weighted by Crippen LogP contribution is 2.38. The third kappa shape index (κ3) is 13.9. The van der Waals surface area contributed by atoms with Crippen molar-refractivity contribution in [1.82, 2.24) is 9.80 Å². The Hall–Kier alpha value is -3.73. The van der Waals surface area contributed by atoms with Crippen molar-refractivity contribution in [2.75, 3.05) is 63.1 Å². The molecule has 4 aromatic carbocycles. The lowest BCUT2D eigenvalue weighted by atomic mass is 10.1. The summed E-state index contributed by atoms with van der Waals surface area (Å²) in [5.41, 5.74) is 4.03. The molecule has 6 rings (SSSR count). The van der Waals surface area contributed by atoms with E-state index in [9.17, 15) is 52.8 Å². The minimum absolute atomic E-state index is 0.00915. The number of rotatable bonds is 6. The SMILES string of the molecule is Nc1cc(Cl)ccc1C(=O)N1CCOCC1.O=C(c1ccc(Cl)cc1NS(=O)(=O)c1ccc(Cl)c(C(F)(F)F)c1)N1CCOCC1.O=S(=O)(Cl)c1ccc(Cl)c(C(F)(F)F)c1. The van der Waals surface area contributed by atoms with Crippen molar-refractivity contribution in [1.29, 1.82) is 0 Å². The Morgan fingerprint density at radius 3 is 1.46 bits per heavy atom. The molecular formula is C36H31Cl5F6N4O8S2. The Bertz CT molecular complexity index is 2470. The lowest BCUT2D eigenvalue weighted by Gasteiger charge is -2.27. The maximum absolute atomic E-state index is 13.1. The van der Waals surface area contributed by atoms with Crippen molar-refractivity contribution >= 4 is 99.3 Å². The van der Waals surface area contributed by atoms with Crippen LogP contribution in [-0.2, 0) is 40.9 Å². The molecule has 0 radical (unpaired) electrons. The number of anilines is 2. The molecule has 61 heavy (non-hydrogen) atoms. The highest BCUT2D eigenvalue weighted by Gasteiger charge is 2.36. The van der Waals surface area contributed by atoms with Gasteiger partial charge >= 0.3 is 12.4 Å². The molecule has 0 aliphatic carbocycles. The maximum Gasteiger partial charge on any atom is 0.417 e. The fourth-order valence-electron chi connectivity index (χ4n) is 5.36. The van der Waals surface area contributed by atoms with Gasteiger partial charge in [0.15, 0.2) is 0 Å². The first kappa shape index (κ1) is 49.9. The third-order valence-electron chi connectivity index (χ3n) is 8.38. The van der Waals surface area contributed by atoms with Gasteiger partial charge in [-0.25, -0.2) is 16.8 Å². The molecule has 2 aliphatic heterocycles. The van der Waals surface area contributed by atoms with E-state index >= 15 is 0 Å². The quantitative estimate of drug-likeness (QED) is 0.109. The summed E-state index contributed by atoms with van der Waals surface area (Å²) >= 11 is 22.5. The van der Waals surface area contributed by atoms with Gasteiger partial charge in [0, 0.05) is 52.6 Å². The topological polar surface area (TPSA) is 165 Å². The molecule has 0 spiro atoms. The smallest absolute Gasteiger partial charge is 0.398 e. The molecule has 0 unspecified atom stereocenters. The fraction of sp³-hybridized carbons (Fsp3) is 0.278. The molecule has 2 heterocycles. The zero-order valence-corrected chi connectivity index (χ0v) is 36.2. The van der Waals surface area contributed by atoms with E-state index in [1.54, 1.807) is 23.1 Å². The summed E-state index contributed by atoms with van der Waals surface area (Å²) in [5, 5.41) is -0.534. The van der Waals surface area contributed by atoms with E-state index < -0.39 is 68.3 Å². The normalized spacial score (nSPS) is 14.9. The number of nitrogens with two attached hydrogens (primary N) is 1. The summed E-state index contributed by atoms with van der Waals surface area (Å²) in [4.78, 5) is 26.8. The van der Waals surface area contributed by atoms with Gasteiger partial charge in [0.05, 0.1) is 74.2 Å². The van der Waals surface area contributed by atoms with Gasteiger partial charge < -0.3 is 25.0 Å². The fourth-order valence-corrected chi connectivity index (χ4v) is 8.03. The molecule has 4 aromatic rings. The molecule has 12 nitrogen and oxygen atoms in total. The number of nitrogens with one attached hydrogen (secondary N) is 1. The van der Waals surface area contributed by atoms with Crippen LogP contribution in [0.3, 0.4) is 0 Å². The first-order valence-electron chi connectivity index (χ1n) is 17.1. The van der Waals surface area contributed by atoms with Gasteiger partial charge in [0.1, 0.15) is 0 Å².